The molecule has 0 aliphatic carbocycles. The van der Waals surface area contributed by atoms with Crippen molar-refractivity contribution in [2.24, 2.45) is 12.0 Å². The summed E-state index contributed by atoms with van der Waals surface area (Å²) in [7, 11) is 2.00. The average Bonchev–Trinajstić information content (AvgIpc) is 3.17. The number of amidine groups is 1. The van der Waals surface area contributed by atoms with E-state index in [0.717, 1.165) is 16.5 Å². The molecule has 1 amide bonds. The van der Waals surface area contributed by atoms with E-state index in [1.807, 2.05) is 62.6 Å². The minimum absolute atomic E-state index is 0.138. The fourth-order valence-electron chi connectivity index (χ4n) is 3.05. The maximum Gasteiger partial charge on any atom is 0.264 e. The van der Waals surface area contributed by atoms with Crippen LogP contribution >= 0.6 is 11.8 Å². The van der Waals surface area contributed by atoms with E-state index < -0.39 is 0 Å². The topological polar surface area (TPSA) is 55.6 Å². The number of carbonyl (C=O) groups excluding carboxylic acids is 1. The van der Waals surface area contributed by atoms with Gasteiger partial charge in [-0.25, -0.2) is 4.99 Å². The smallest absolute Gasteiger partial charge is 0.264 e. The summed E-state index contributed by atoms with van der Waals surface area (Å²) >= 11 is 1.34. The molecular formula is C21H19N3O2S. The molecule has 0 saturated carbocycles. The van der Waals surface area contributed by atoms with Crippen LogP contribution in [0.3, 0.4) is 0 Å². The number of aryl methyl sites for hydroxylation is 1. The number of carbonyl (C=O) groups is 1. The second-order valence-electron chi connectivity index (χ2n) is 6.09. The molecule has 6 heteroatoms. The van der Waals surface area contributed by atoms with Crippen LogP contribution in [0.25, 0.3) is 17.0 Å². The first-order valence-corrected chi connectivity index (χ1v) is 9.53. The lowest BCUT2D eigenvalue weighted by molar-refractivity contribution is -0.115. The van der Waals surface area contributed by atoms with E-state index in [1.54, 1.807) is 0 Å². The molecule has 4 rings (SSSR count). The number of hydrogen-bond acceptors (Lipinski definition) is 4. The molecule has 2 heterocycles. The summed E-state index contributed by atoms with van der Waals surface area (Å²) in [6.07, 6.45) is 3.95. The summed E-state index contributed by atoms with van der Waals surface area (Å²) < 4.78 is 7.66. The van der Waals surface area contributed by atoms with E-state index in [9.17, 15) is 4.79 Å². The molecule has 5 nitrogen and oxygen atoms in total. The predicted octanol–water partition coefficient (Wildman–Crippen LogP) is 4.47. The van der Waals surface area contributed by atoms with Gasteiger partial charge in [0.2, 0.25) is 0 Å². The number of ether oxygens (including phenoxy) is 1. The number of amides is 1. The molecule has 2 aromatic carbocycles. The highest BCUT2D eigenvalue weighted by molar-refractivity contribution is 8.18. The summed E-state index contributed by atoms with van der Waals surface area (Å²) in [5.74, 6) is 0.564. The molecule has 1 fully saturated rings. The van der Waals surface area contributed by atoms with Gasteiger partial charge < -0.3 is 14.6 Å². The van der Waals surface area contributed by atoms with Gasteiger partial charge in [-0.15, -0.1) is 0 Å². The van der Waals surface area contributed by atoms with Crippen LogP contribution in [-0.4, -0.2) is 22.2 Å². The fraction of sp³-hybridized carbons (Fsp3) is 0.143. The zero-order valence-corrected chi connectivity index (χ0v) is 15.9. The van der Waals surface area contributed by atoms with Gasteiger partial charge in [0.15, 0.2) is 5.17 Å². The lowest BCUT2D eigenvalue weighted by atomic mass is 10.1. The molecule has 1 saturated heterocycles. The van der Waals surface area contributed by atoms with Crippen molar-refractivity contribution >= 4 is 45.5 Å². The van der Waals surface area contributed by atoms with Gasteiger partial charge in [0.05, 0.1) is 11.5 Å². The molecule has 1 aliphatic heterocycles. The normalized spacial score (nSPS) is 17.0. The molecular weight excluding hydrogens is 358 g/mol. The SMILES string of the molecule is CCOc1ccccc1N=C1NC(=O)C(=Cc2cn(C)c3ccccc23)S1. The first kappa shape index (κ1) is 17.4. The van der Waals surface area contributed by atoms with Gasteiger partial charge in [-0.1, -0.05) is 30.3 Å². The summed E-state index contributed by atoms with van der Waals surface area (Å²) in [6.45, 7) is 2.49. The number of benzene rings is 2. The minimum atomic E-state index is -0.138. The first-order valence-electron chi connectivity index (χ1n) is 8.71. The molecule has 1 aliphatic rings. The van der Waals surface area contributed by atoms with Crippen LogP contribution in [0.15, 0.2) is 64.6 Å². The number of aliphatic imine (C=N–C) groups is 1. The molecule has 3 aromatic rings. The number of nitrogens with zero attached hydrogens (tertiary/aromatic N) is 2. The molecule has 0 radical (unpaired) electrons. The van der Waals surface area contributed by atoms with Gasteiger partial charge in [0, 0.05) is 29.7 Å². The van der Waals surface area contributed by atoms with Gasteiger partial charge in [0.25, 0.3) is 5.91 Å². The van der Waals surface area contributed by atoms with E-state index in [0.29, 0.717) is 28.1 Å². The van der Waals surface area contributed by atoms with Crippen LogP contribution in [0.2, 0.25) is 0 Å². The Balaban J connectivity index is 1.65. The Labute approximate surface area is 161 Å². The number of thioether (sulfide) groups is 1. The lowest BCUT2D eigenvalue weighted by Crippen LogP contribution is -2.19. The number of rotatable bonds is 4. The van der Waals surface area contributed by atoms with Crippen molar-refractivity contribution in [1.82, 2.24) is 9.88 Å². The highest BCUT2D eigenvalue weighted by Gasteiger charge is 2.24. The number of nitrogens with one attached hydrogen (secondary N) is 1. The van der Waals surface area contributed by atoms with E-state index in [1.165, 1.54) is 11.8 Å². The molecule has 0 atom stereocenters. The largest absolute Gasteiger partial charge is 0.492 e. The Hall–Kier alpha value is -2.99. The quantitative estimate of drug-likeness (QED) is 0.683. The maximum absolute atomic E-state index is 12.4. The highest BCUT2D eigenvalue weighted by atomic mass is 32.2. The summed E-state index contributed by atoms with van der Waals surface area (Å²) in [5.41, 5.74) is 2.85. The number of aromatic nitrogens is 1. The van der Waals surface area contributed by atoms with Crippen molar-refractivity contribution in [3.05, 3.63) is 65.2 Å². The van der Waals surface area contributed by atoms with E-state index in [4.69, 9.17) is 4.74 Å². The van der Waals surface area contributed by atoms with Gasteiger partial charge in [-0.3, -0.25) is 4.79 Å². The summed E-state index contributed by atoms with van der Waals surface area (Å²) in [6, 6.07) is 15.7. The number of para-hydroxylation sites is 3. The zero-order valence-electron chi connectivity index (χ0n) is 15.1. The number of hydrogen-bond donors (Lipinski definition) is 1. The third-order valence-corrected chi connectivity index (χ3v) is 5.16. The Morgan fingerprint density at radius 3 is 2.81 bits per heavy atom. The average molecular weight is 377 g/mol. The van der Waals surface area contributed by atoms with Crippen molar-refractivity contribution in [3.63, 3.8) is 0 Å². The van der Waals surface area contributed by atoms with Gasteiger partial charge >= 0.3 is 0 Å². The van der Waals surface area contributed by atoms with Gasteiger partial charge in [-0.05, 0) is 43.0 Å². The zero-order chi connectivity index (χ0) is 18.8. The van der Waals surface area contributed by atoms with Gasteiger partial charge in [0.1, 0.15) is 11.4 Å². The van der Waals surface area contributed by atoms with Crippen molar-refractivity contribution in [3.8, 4) is 5.75 Å². The third kappa shape index (κ3) is 3.48. The fourth-order valence-corrected chi connectivity index (χ4v) is 3.87. The minimum Gasteiger partial charge on any atom is -0.492 e. The Morgan fingerprint density at radius 1 is 1.19 bits per heavy atom. The molecule has 0 spiro atoms. The Morgan fingerprint density at radius 2 is 1.96 bits per heavy atom. The standard InChI is InChI=1S/C21H19N3O2S/c1-3-26-18-11-7-5-9-16(18)22-21-23-20(25)19(27-21)12-14-13-24(2)17-10-6-4-8-15(14)17/h4-13H,3H2,1-2H3,(H,22,23,25). The highest BCUT2D eigenvalue weighted by Crippen LogP contribution is 2.33. The molecule has 27 heavy (non-hydrogen) atoms. The van der Waals surface area contributed by atoms with Crippen molar-refractivity contribution < 1.29 is 9.53 Å². The molecule has 1 N–H and O–H groups in total. The van der Waals surface area contributed by atoms with Crippen LogP contribution in [0.4, 0.5) is 5.69 Å². The van der Waals surface area contributed by atoms with E-state index >= 15 is 0 Å². The maximum atomic E-state index is 12.4. The molecule has 136 valence electrons. The van der Waals surface area contributed by atoms with Crippen LogP contribution in [-0.2, 0) is 11.8 Å². The van der Waals surface area contributed by atoms with Gasteiger partial charge in [-0.2, -0.15) is 0 Å². The Bertz CT molecular complexity index is 1080. The third-order valence-electron chi connectivity index (χ3n) is 4.25. The molecule has 0 unspecified atom stereocenters. The number of fused-ring (bicyclic) bond motifs is 1. The second-order valence-corrected chi connectivity index (χ2v) is 7.13. The van der Waals surface area contributed by atoms with Crippen molar-refractivity contribution in [2.45, 2.75) is 6.92 Å². The van der Waals surface area contributed by atoms with E-state index in [-0.39, 0.29) is 5.91 Å². The van der Waals surface area contributed by atoms with Crippen LogP contribution in [0.1, 0.15) is 12.5 Å². The lowest BCUT2D eigenvalue weighted by Gasteiger charge is -2.06. The molecule has 1 aromatic heterocycles. The van der Waals surface area contributed by atoms with Crippen molar-refractivity contribution in [1.29, 1.82) is 0 Å². The van der Waals surface area contributed by atoms with Crippen LogP contribution < -0.4 is 10.1 Å². The second kappa shape index (κ2) is 7.32. The van der Waals surface area contributed by atoms with Crippen LogP contribution in [0.5, 0.6) is 5.75 Å². The van der Waals surface area contributed by atoms with Crippen molar-refractivity contribution in [2.75, 3.05) is 6.61 Å². The molecule has 0 bridgehead atoms. The Kier molecular flexibility index (Phi) is 4.73. The summed E-state index contributed by atoms with van der Waals surface area (Å²) in [4.78, 5) is 17.6. The summed E-state index contributed by atoms with van der Waals surface area (Å²) in [5, 5.41) is 4.51. The van der Waals surface area contributed by atoms with Crippen LogP contribution in [0, 0.1) is 0 Å². The monoisotopic (exact) mass is 377 g/mol. The predicted molar refractivity (Wildman–Crippen MR) is 111 cm³/mol. The van der Waals surface area contributed by atoms with E-state index in [2.05, 4.69) is 27.0 Å². The first-order chi connectivity index (χ1) is 13.2.